The summed E-state index contributed by atoms with van der Waals surface area (Å²) in [6.07, 6.45) is 0.193. The number of fused-ring (bicyclic) bond motifs is 1. The molecule has 0 aliphatic carbocycles. The molecule has 2 heterocycles. The van der Waals surface area contributed by atoms with Crippen molar-refractivity contribution in [3.63, 3.8) is 0 Å². The van der Waals surface area contributed by atoms with Gasteiger partial charge in [0.15, 0.2) is 5.82 Å². The molecule has 126 valence electrons. The fourth-order valence-electron chi connectivity index (χ4n) is 3.19. The number of anilines is 2. The third-order valence-electron chi connectivity index (χ3n) is 4.60. The molecule has 0 spiro atoms. The van der Waals surface area contributed by atoms with Crippen LogP contribution in [0.15, 0.2) is 48.5 Å². The molecular formula is C19H18N4O2. The number of nitrogens with one attached hydrogen (secondary N) is 2. The van der Waals surface area contributed by atoms with Gasteiger partial charge < -0.3 is 5.32 Å². The van der Waals surface area contributed by atoms with Gasteiger partial charge >= 0.3 is 0 Å². The van der Waals surface area contributed by atoms with Gasteiger partial charge in [0.2, 0.25) is 11.8 Å². The second kappa shape index (κ2) is 6.05. The van der Waals surface area contributed by atoms with E-state index in [1.54, 1.807) is 4.90 Å². The molecule has 0 bridgehead atoms. The molecule has 4 rings (SSSR count). The van der Waals surface area contributed by atoms with E-state index in [0.717, 1.165) is 22.2 Å². The summed E-state index contributed by atoms with van der Waals surface area (Å²) in [5.74, 6) is -0.0125. The van der Waals surface area contributed by atoms with Crippen LogP contribution in [-0.4, -0.2) is 28.6 Å². The number of hydrogen-bond donors (Lipinski definition) is 2. The average Bonchev–Trinajstić information content (AvgIpc) is 3.20. The molecule has 3 aromatic rings. The Bertz CT molecular complexity index is 963. The van der Waals surface area contributed by atoms with Crippen molar-refractivity contribution in [3.05, 3.63) is 54.1 Å². The van der Waals surface area contributed by atoms with Crippen LogP contribution < -0.4 is 10.2 Å². The Morgan fingerprint density at radius 1 is 1.20 bits per heavy atom. The quantitative estimate of drug-likeness (QED) is 0.773. The lowest BCUT2D eigenvalue weighted by atomic mass is 10.1. The van der Waals surface area contributed by atoms with Gasteiger partial charge in [0, 0.05) is 24.0 Å². The van der Waals surface area contributed by atoms with Gasteiger partial charge in [0.05, 0.1) is 11.4 Å². The van der Waals surface area contributed by atoms with E-state index in [-0.39, 0.29) is 24.2 Å². The van der Waals surface area contributed by atoms with Crippen LogP contribution in [0.25, 0.3) is 10.9 Å². The zero-order valence-corrected chi connectivity index (χ0v) is 13.8. The van der Waals surface area contributed by atoms with Crippen molar-refractivity contribution in [3.8, 4) is 0 Å². The zero-order chi connectivity index (χ0) is 17.4. The largest absolute Gasteiger partial charge is 0.326 e. The highest BCUT2D eigenvalue weighted by atomic mass is 16.2. The average molecular weight is 334 g/mol. The van der Waals surface area contributed by atoms with Crippen LogP contribution in [0.5, 0.6) is 0 Å². The standard InChI is InChI=1S/C19H18N4O2/c1-12-6-2-4-8-15(12)20-19(25)13-10-17(24)23(11-13)18-14-7-3-5-9-16(14)21-22-18/h2-9,13H,10-11H2,1H3,(H,20,25)(H,21,22)/t13-/m1/s1. The van der Waals surface area contributed by atoms with Crippen LogP contribution in [0, 0.1) is 12.8 Å². The summed E-state index contributed by atoms with van der Waals surface area (Å²) in [5, 5.41) is 11.0. The molecule has 0 unspecified atom stereocenters. The second-order valence-electron chi connectivity index (χ2n) is 6.30. The number of nitrogens with zero attached hydrogens (tertiary/aromatic N) is 2. The summed E-state index contributed by atoms with van der Waals surface area (Å²) in [4.78, 5) is 26.6. The van der Waals surface area contributed by atoms with E-state index in [2.05, 4.69) is 15.5 Å². The van der Waals surface area contributed by atoms with Gasteiger partial charge in [-0.05, 0) is 30.7 Å². The molecule has 25 heavy (non-hydrogen) atoms. The number of aromatic amines is 1. The molecule has 0 radical (unpaired) electrons. The van der Waals surface area contributed by atoms with Crippen molar-refractivity contribution >= 4 is 34.2 Å². The third kappa shape index (κ3) is 2.76. The number of hydrogen-bond acceptors (Lipinski definition) is 3. The number of amides is 2. The first-order chi connectivity index (χ1) is 12.1. The molecule has 2 aromatic carbocycles. The monoisotopic (exact) mass is 334 g/mol. The highest BCUT2D eigenvalue weighted by Gasteiger charge is 2.36. The van der Waals surface area contributed by atoms with Crippen LogP contribution in [0.3, 0.4) is 0 Å². The van der Waals surface area contributed by atoms with E-state index < -0.39 is 0 Å². The maximum absolute atomic E-state index is 12.6. The lowest BCUT2D eigenvalue weighted by Crippen LogP contribution is -2.28. The Morgan fingerprint density at radius 2 is 1.96 bits per heavy atom. The molecule has 6 nitrogen and oxygen atoms in total. The molecule has 2 amide bonds. The van der Waals surface area contributed by atoms with Gasteiger partial charge in [-0.15, -0.1) is 0 Å². The number of aryl methyl sites for hydroxylation is 1. The van der Waals surface area contributed by atoms with E-state index in [1.165, 1.54) is 0 Å². The number of para-hydroxylation sites is 2. The van der Waals surface area contributed by atoms with E-state index in [1.807, 2.05) is 55.5 Å². The SMILES string of the molecule is Cc1ccccc1NC(=O)[C@@H]1CC(=O)N(c2n[nH]c3ccccc23)C1. The van der Waals surface area contributed by atoms with Crippen LogP contribution in [0.2, 0.25) is 0 Å². The van der Waals surface area contributed by atoms with Crippen molar-refractivity contribution in [1.29, 1.82) is 0 Å². The molecule has 1 saturated heterocycles. The zero-order valence-electron chi connectivity index (χ0n) is 13.8. The van der Waals surface area contributed by atoms with Crippen LogP contribution in [0.4, 0.5) is 11.5 Å². The summed E-state index contributed by atoms with van der Waals surface area (Å²) in [7, 11) is 0. The van der Waals surface area contributed by atoms with Gasteiger partial charge in [-0.2, -0.15) is 5.10 Å². The van der Waals surface area contributed by atoms with Crippen molar-refractivity contribution in [2.45, 2.75) is 13.3 Å². The maximum Gasteiger partial charge on any atom is 0.229 e. The summed E-state index contributed by atoms with van der Waals surface area (Å²) >= 11 is 0. The molecule has 6 heteroatoms. The van der Waals surface area contributed by atoms with Crippen LogP contribution >= 0.6 is 0 Å². The summed E-state index contributed by atoms with van der Waals surface area (Å²) in [6.45, 7) is 2.28. The van der Waals surface area contributed by atoms with Gasteiger partial charge in [-0.1, -0.05) is 30.3 Å². The Hall–Kier alpha value is -3.15. The first kappa shape index (κ1) is 15.4. The van der Waals surface area contributed by atoms with E-state index >= 15 is 0 Å². The van der Waals surface area contributed by atoms with Gasteiger partial charge in [-0.25, -0.2) is 0 Å². The second-order valence-corrected chi connectivity index (χ2v) is 6.30. The minimum atomic E-state index is -0.387. The first-order valence-corrected chi connectivity index (χ1v) is 8.23. The molecule has 1 fully saturated rings. The minimum absolute atomic E-state index is 0.0813. The van der Waals surface area contributed by atoms with Crippen molar-refractivity contribution < 1.29 is 9.59 Å². The summed E-state index contributed by atoms with van der Waals surface area (Å²) in [5.41, 5.74) is 2.65. The fraction of sp³-hybridized carbons (Fsp3) is 0.211. The Morgan fingerprint density at radius 3 is 2.80 bits per heavy atom. The Labute approximate surface area is 144 Å². The highest BCUT2D eigenvalue weighted by Crippen LogP contribution is 2.30. The summed E-state index contributed by atoms with van der Waals surface area (Å²) < 4.78 is 0. The smallest absolute Gasteiger partial charge is 0.229 e. The number of benzene rings is 2. The molecule has 1 aromatic heterocycles. The lowest BCUT2D eigenvalue weighted by molar-refractivity contribution is -0.122. The topological polar surface area (TPSA) is 78.1 Å². The third-order valence-corrected chi connectivity index (χ3v) is 4.60. The number of carbonyl (C=O) groups is 2. The molecule has 1 aliphatic heterocycles. The van der Waals surface area contributed by atoms with Crippen molar-refractivity contribution in [2.75, 3.05) is 16.8 Å². The minimum Gasteiger partial charge on any atom is -0.326 e. The maximum atomic E-state index is 12.6. The number of aromatic nitrogens is 2. The Kier molecular flexibility index (Phi) is 3.72. The molecular weight excluding hydrogens is 316 g/mol. The predicted molar refractivity (Wildman–Crippen MR) is 96.4 cm³/mol. The van der Waals surface area contributed by atoms with E-state index in [9.17, 15) is 9.59 Å². The molecule has 0 saturated carbocycles. The van der Waals surface area contributed by atoms with Crippen LogP contribution in [-0.2, 0) is 9.59 Å². The van der Waals surface area contributed by atoms with Crippen molar-refractivity contribution in [2.24, 2.45) is 5.92 Å². The van der Waals surface area contributed by atoms with E-state index in [4.69, 9.17) is 0 Å². The van der Waals surface area contributed by atoms with Gasteiger partial charge in [0.1, 0.15) is 0 Å². The van der Waals surface area contributed by atoms with Crippen molar-refractivity contribution in [1.82, 2.24) is 10.2 Å². The predicted octanol–water partition coefficient (Wildman–Crippen LogP) is 2.86. The normalized spacial score (nSPS) is 17.2. The van der Waals surface area contributed by atoms with Gasteiger partial charge in [-0.3, -0.25) is 19.6 Å². The highest BCUT2D eigenvalue weighted by molar-refractivity contribution is 6.07. The molecule has 1 aliphatic rings. The first-order valence-electron chi connectivity index (χ1n) is 8.23. The summed E-state index contributed by atoms with van der Waals surface area (Å²) in [6, 6.07) is 15.3. The Balaban J connectivity index is 1.54. The fourth-order valence-corrected chi connectivity index (χ4v) is 3.19. The van der Waals surface area contributed by atoms with E-state index in [0.29, 0.717) is 12.4 Å². The number of carbonyl (C=O) groups excluding carboxylic acids is 2. The molecule has 1 atom stereocenters. The molecule has 2 N–H and O–H groups in total. The number of H-pyrrole nitrogens is 1. The number of rotatable bonds is 3. The lowest BCUT2D eigenvalue weighted by Gasteiger charge is -2.15. The van der Waals surface area contributed by atoms with Gasteiger partial charge in [0.25, 0.3) is 0 Å². The van der Waals surface area contributed by atoms with Crippen LogP contribution in [0.1, 0.15) is 12.0 Å².